The van der Waals surface area contributed by atoms with Crippen LogP contribution in [0.4, 0.5) is 5.82 Å². The molecule has 5 rings (SSSR count). The van der Waals surface area contributed by atoms with Crippen LogP contribution in [-0.4, -0.2) is 52.8 Å². The number of nitrogens with zero attached hydrogens (tertiary/aromatic N) is 3. The Morgan fingerprint density at radius 1 is 1.16 bits per heavy atom. The minimum Gasteiger partial charge on any atom is -0.486 e. The number of para-hydroxylation sites is 1. The Kier molecular flexibility index (Phi) is 6.03. The van der Waals surface area contributed by atoms with Crippen molar-refractivity contribution < 1.29 is 14.3 Å². The van der Waals surface area contributed by atoms with Crippen molar-refractivity contribution in [2.45, 2.75) is 31.0 Å². The van der Waals surface area contributed by atoms with Crippen LogP contribution < -0.4 is 14.8 Å². The van der Waals surface area contributed by atoms with Crippen LogP contribution in [0.2, 0.25) is 0 Å². The molecule has 2 aromatic carbocycles. The van der Waals surface area contributed by atoms with Gasteiger partial charge in [0.2, 0.25) is 5.91 Å². The highest BCUT2D eigenvalue weighted by molar-refractivity contribution is 7.99. The van der Waals surface area contributed by atoms with Crippen LogP contribution in [-0.2, 0) is 4.79 Å². The predicted octanol–water partition coefficient (Wildman–Crippen LogP) is 4.29. The largest absolute Gasteiger partial charge is 0.486 e. The maximum Gasteiger partial charge on any atom is 0.233 e. The number of carbonyl (C=O) groups is 1. The van der Waals surface area contributed by atoms with Crippen molar-refractivity contribution in [3.63, 3.8) is 0 Å². The summed E-state index contributed by atoms with van der Waals surface area (Å²) in [6, 6.07) is 14.0. The first-order valence-electron chi connectivity index (χ1n) is 11.1. The standard InChI is InChI=1S/C24H26N4O3S/c1-2-25-23-17-6-3-4-7-18(17)26-24(27-23)32-15-22(29)28-11-5-8-19(28)16-9-10-20-21(14-16)31-13-12-30-20/h3-4,6-7,9-10,14,19H,2,5,8,11-13,15H2,1H3,(H,25,26,27). The molecule has 0 bridgehead atoms. The van der Waals surface area contributed by atoms with E-state index in [9.17, 15) is 4.79 Å². The fraction of sp³-hybridized carbons (Fsp3) is 0.375. The van der Waals surface area contributed by atoms with E-state index in [1.165, 1.54) is 11.8 Å². The smallest absolute Gasteiger partial charge is 0.233 e. The van der Waals surface area contributed by atoms with Crippen molar-refractivity contribution in [3.8, 4) is 11.5 Å². The summed E-state index contributed by atoms with van der Waals surface area (Å²) in [4.78, 5) is 24.4. The van der Waals surface area contributed by atoms with Crippen LogP contribution >= 0.6 is 11.8 Å². The summed E-state index contributed by atoms with van der Waals surface area (Å²) in [7, 11) is 0. The maximum absolute atomic E-state index is 13.1. The summed E-state index contributed by atoms with van der Waals surface area (Å²) in [6.07, 6.45) is 1.94. The van der Waals surface area contributed by atoms with Gasteiger partial charge in [-0.05, 0) is 49.6 Å². The first-order chi connectivity index (χ1) is 15.7. The summed E-state index contributed by atoms with van der Waals surface area (Å²) in [5, 5.41) is 4.91. The van der Waals surface area contributed by atoms with Crippen molar-refractivity contribution in [2.75, 3.05) is 37.4 Å². The molecular formula is C24H26N4O3S. The van der Waals surface area contributed by atoms with Gasteiger partial charge in [0.1, 0.15) is 19.0 Å². The number of aromatic nitrogens is 2. The molecule has 0 saturated carbocycles. The number of fused-ring (bicyclic) bond motifs is 2. The molecule has 1 amide bonds. The zero-order chi connectivity index (χ0) is 21.9. The highest BCUT2D eigenvalue weighted by Crippen LogP contribution is 2.38. The van der Waals surface area contributed by atoms with Crippen LogP contribution in [0.3, 0.4) is 0 Å². The predicted molar refractivity (Wildman–Crippen MR) is 126 cm³/mol. The molecule has 1 atom stereocenters. The molecule has 1 saturated heterocycles. The number of rotatable bonds is 6. The maximum atomic E-state index is 13.1. The Balaban J connectivity index is 1.30. The van der Waals surface area contributed by atoms with Gasteiger partial charge in [-0.15, -0.1) is 0 Å². The van der Waals surface area contributed by atoms with Gasteiger partial charge in [-0.1, -0.05) is 30.0 Å². The van der Waals surface area contributed by atoms with Gasteiger partial charge >= 0.3 is 0 Å². The van der Waals surface area contributed by atoms with E-state index >= 15 is 0 Å². The van der Waals surface area contributed by atoms with E-state index in [1.54, 1.807) is 0 Å². The van der Waals surface area contributed by atoms with Crippen molar-refractivity contribution in [1.29, 1.82) is 0 Å². The molecule has 7 nitrogen and oxygen atoms in total. The second-order valence-electron chi connectivity index (χ2n) is 7.84. The van der Waals surface area contributed by atoms with Crippen LogP contribution in [0.5, 0.6) is 11.5 Å². The minimum atomic E-state index is 0.0637. The molecule has 0 aliphatic carbocycles. The van der Waals surface area contributed by atoms with Gasteiger partial charge in [0, 0.05) is 18.5 Å². The van der Waals surface area contributed by atoms with E-state index < -0.39 is 0 Å². The molecule has 2 aliphatic heterocycles. The van der Waals surface area contributed by atoms with E-state index in [0.717, 1.165) is 59.7 Å². The van der Waals surface area contributed by atoms with Crippen LogP contribution in [0.1, 0.15) is 31.4 Å². The van der Waals surface area contributed by atoms with Gasteiger partial charge in [-0.25, -0.2) is 9.97 Å². The Morgan fingerprint density at radius 3 is 2.88 bits per heavy atom. The van der Waals surface area contributed by atoms with Gasteiger partial charge in [0.15, 0.2) is 16.7 Å². The molecule has 32 heavy (non-hydrogen) atoms. The number of hydrogen-bond acceptors (Lipinski definition) is 7. The molecule has 3 heterocycles. The molecule has 1 fully saturated rings. The van der Waals surface area contributed by atoms with Crippen molar-refractivity contribution >= 4 is 34.4 Å². The molecule has 2 aliphatic rings. The lowest BCUT2D eigenvalue weighted by Gasteiger charge is -2.26. The molecule has 8 heteroatoms. The van der Waals surface area contributed by atoms with E-state index in [0.29, 0.717) is 24.1 Å². The third-order valence-electron chi connectivity index (χ3n) is 5.78. The SMILES string of the molecule is CCNc1nc(SCC(=O)N2CCCC2c2ccc3c(c2)OCCO3)nc2ccccc12. The average molecular weight is 451 g/mol. The summed E-state index contributed by atoms with van der Waals surface area (Å²) < 4.78 is 11.4. The highest BCUT2D eigenvalue weighted by Gasteiger charge is 2.31. The Hall–Kier alpha value is -3.00. The minimum absolute atomic E-state index is 0.0637. The second kappa shape index (κ2) is 9.24. The number of carbonyl (C=O) groups excluding carboxylic acids is 1. The van der Waals surface area contributed by atoms with Gasteiger partial charge < -0.3 is 19.7 Å². The number of anilines is 1. The number of likely N-dealkylation sites (tertiary alicyclic amines) is 1. The van der Waals surface area contributed by atoms with Crippen LogP contribution in [0.15, 0.2) is 47.6 Å². The average Bonchev–Trinajstić information content (AvgIpc) is 3.32. The summed E-state index contributed by atoms with van der Waals surface area (Å²) >= 11 is 1.39. The lowest BCUT2D eigenvalue weighted by molar-refractivity contribution is -0.129. The number of nitrogens with one attached hydrogen (secondary N) is 1. The zero-order valence-corrected chi connectivity index (χ0v) is 18.9. The molecule has 166 valence electrons. The second-order valence-corrected chi connectivity index (χ2v) is 8.78. The Labute approximate surface area is 191 Å². The third-order valence-corrected chi connectivity index (χ3v) is 6.61. The van der Waals surface area contributed by atoms with E-state index in [2.05, 4.69) is 15.3 Å². The Bertz CT molecular complexity index is 1140. The fourth-order valence-electron chi connectivity index (χ4n) is 4.31. The quantitative estimate of drug-likeness (QED) is 0.443. The molecule has 1 unspecified atom stereocenters. The van der Waals surface area contributed by atoms with Gasteiger partial charge in [0.05, 0.1) is 17.3 Å². The molecule has 0 spiro atoms. The number of hydrogen-bond donors (Lipinski definition) is 1. The normalized spacial score (nSPS) is 17.5. The van der Waals surface area contributed by atoms with E-state index in [4.69, 9.17) is 9.47 Å². The first-order valence-corrected chi connectivity index (χ1v) is 12.0. The molecule has 0 radical (unpaired) electrons. The molecule has 1 aromatic heterocycles. The molecular weight excluding hydrogens is 424 g/mol. The van der Waals surface area contributed by atoms with Gasteiger partial charge in [-0.3, -0.25) is 4.79 Å². The Morgan fingerprint density at radius 2 is 2.00 bits per heavy atom. The third kappa shape index (κ3) is 4.19. The fourth-order valence-corrected chi connectivity index (χ4v) is 5.05. The topological polar surface area (TPSA) is 76.6 Å². The summed E-state index contributed by atoms with van der Waals surface area (Å²) in [6.45, 7) is 4.71. The van der Waals surface area contributed by atoms with Crippen LogP contribution in [0.25, 0.3) is 10.9 Å². The monoisotopic (exact) mass is 450 g/mol. The summed E-state index contributed by atoms with van der Waals surface area (Å²) in [5.74, 6) is 2.77. The van der Waals surface area contributed by atoms with Crippen molar-refractivity contribution in [1.82, 2.24) is 14.9 Å². The van der Waals surface area contributed by atoms with E-state index in [-0.39, 0.29) is 11.9 Å². The zero-order valence-electron chi connectivity index (χ0n) is 18.0. The number of amides is 1. The molecule has 3 aromatic rings. The first kappa shape index (κ1) is 20.9. The number of ether oxygens (including phenoxy) is 2. The summed E-state index contributed by atoms with van der Waals surface area (Å²) in [5.41, 5.74) is 1.98. The number of benzene rings is 2. The highest BCUT2D eigenvalue weighted by atomic mass is 32.2. The van der Waals surface area contributed by atoms with Gasteiger partial charge in [-0.2, -0.15) is 0 Å². The molecule has 1 N–H and O–H groups in total. The lowest BCUT2D eigenvalue weighted by Crippen LogP contribution is -2.32. The van der Waals surface area contributed by atoms with Crippen LogP contribution in [0, 0.1) is 0 Å². The van der Waals surface area contributed by atoms with Crippen molar-refractivity contribution in [2.24, 2.45) is 0 Å². The van der Waals surface area contributed by atoms with E-state index in [1.807, 2.05) is 54.3 Å². The van der Waals surface area contributed by atoms with Gasteiger partial charge in [0.25, 0.3) is 0 Å². The van der Waals surface area contributed by atoms with Crippen molar-refractivity contribution in [3.05, 3.63) is 48.0 Å². The number of thioether (sulfide) groups is 1. The lowest BCUT2D eigenvalue weighted by atomic mass is 10.0.